The molecule has 1 aromatic carbocycles. The molecular weight excluding hydrogens is 338 g/mol. The maximum absolute atomic E-state index is 12.0. The molecule has 0 bridgehead atoms. The van der Waals surface area contributed by atoms with Crippen LogP contribution in [-0.2, 0) is 19.1 Å². The van der Waals surface area contributed by atoms with Crippen molar-refractivity contribution in [3.05, 3.63) is 29.8 Å². The van der Waals surface area contributed by atoms with E-state index in [0.29, 0.717) is 31.0 Å². The number of methoxy groups -OCH3 is 1. The third-order valence-corrected chi connectivity index (χ3v) is 3.27. The van der Waals surface area contributed by atoms with Crippen LogP contribution in [-0.4, -0.2) is 57.2 Å². The van der Waals surface area contributed by atoms with E-state index in [9.17, 15) is 14.4 Å². The lowest BCUT2D eigenvalue weighted by Crippen LogP contribution is -2.48. The summed E-state index contributed by atoms with van der Waals surface area (Å²) in [5.74, 6) is -1.10. The molecule has 2 amide bonds. The predicted molar refractivity (Wildman–Crippen MR) is 89.3 cm³/mol. The zero-order valence-electron chi connectivity index (χ0n) is 13.2. The van der Waals surface area contributed by atoms with E-state index in [2.05, 4.69) is 20.7 Å². The van der Waals surface area contributed by atoms with E-state index in [4.69, 9.17) is 4.74 Å². The molecular formula is C15H20ClN3O5. The van der Waals surface area contributed by atoms with Gasteiger partial charge in [0.2, 0.25) is 5.91 Å². The summed E-state index contributed by atoms with van der Waals surface area (Å²) in [6.07, 6.45) is 0. The van der Waals surface area contributed by atoms with Crippen molar-refractivity contribution in [2.24, 2.45) is 0 Å². The number of ether oxygens (including phenoxy) is 2. The van der Waals surface area contributed by atoms with Crippen molar-refractivity contribution in [2.45, 2.75) is 6.04 Å². The molecule has 1 aliphatic heterocycles. The maximum atomic E-state index is 12.0. The van der Waals surface area contributed by atoms with Crippen LogP contribution in [0.25, 0.3) is 0 Å². The van der Waals surface area contributed by atoms with Crippen LogP contribution in [0.5, 0.6) is 0 Å². The normalized spacial score (nSPS) is 16.5. The fraction of sp³-hybridized carbons (Fsp3) is 0.400. The number of hydrogen-bond donors (Lipinski definition) is 3. The number of carbonyl (C=O) groups is 3. The Morgan fingerprint density at radius 3 is 2.58 bits per heavy atom. The van der Waals surface area contributed by atoms with Crippen LogP contribution in [0.1, 0.15) is 10.4 Å². The highest BCUT2D eigenvalue weighted by Gasteiger charge is 2.21. The number of benzene rings is 1. The third kappa shape index (κ3) is 5.80. The minimum Gasteiger partial charge on any atom is -0.468 e. The first-order valence-electron chi connectivity index (χ1n) is 7.17. The van der Waals surface area contributed by atoms with Gasteiger partial charge in [-0.2, -0.15) is 0 Å². The molecule has 1 aromatic rings. The first-order chi connectivity index (χ1) is 11.1. The molecule has 1 atom stereocenters. The van der Waals surface area contributed by atoms with Gasteiger partial charge in [0.05, 0.1) is 20.3 Å². The molecule has 0 radical (unpaired) electrons. The molecule has 0 aliphatic carbocycles. The van der Waals surface area contributed by atoms with E-state index in [1.807, 2.05) is 0 Å². The van der Waals surface area contributed by atoms with Gasteiger partial charge in [-0.3, -0.25) is 14.4 Å². The Kier molecular flexibility index (Phi) is 8.17. The van der Waals surface area contributed by atoms with Crippen LogP contribution in [0.15, 0.2) is 24.3 Å². The Hall–Kier alpha value is -2.16. The van der Waals surface area contributed by atoms with Crippen molar-refractivity contribution in [2.75, 3.05) is 38.7 Å². The highest BCUT2D eigenvalue weighted by molar-refractivity contribution is 5.98. The molecule has 1 heterocycles. The number of amides is 2. The summed E-state index contributed by atoms with van der Waals surface area (Å²) < 4.78 is 9.67. The summed E-state index contributed by atoms with van der Waals surface area (Å²) in [4.78, 5) is 34.8. The number of anilines is 1. The van der Waals surface area contributed by atoms with Gasteiger partial charge < -0.3 is 25.4 Å². The van der Waals surface area contributed by atoms with Crippen molar-refractivity contribution >= 4 is 35.9 Å². The first kappa shape index (κ1) is 19.9. The van der Waals surface area contributed by atoms with E-state index < -0.39 is 11.9 Å². The average Bonchev–Trinajstić information content (AvgIpc) is 2.60. The summed E-state index contributed by atoms with van der Waals surface area (Å²) in [7, 11) is 1.25. The molecule has 132 valence electrons. The van der Waals surface area contributed by atoms with Gasteiger partial charge >= 0.3 is 5.97 Å². The number of hydrogen-bond acceptors (Lipinski definition) is 6. The summed E-state index contributed by atoms with van der Waals surface area (Å²) in [6.45, 7) is 1.37. The summed E-state index contributed by atoms with van der Waals surface area (Å²) >= 11 is 0. The van der Waals surface area contributed by atoms with Crippen molar-refractivity contribution in [3.63, 3.8) is 0 Å². The average molecular weight is 358 g/mol. The lowest BCUT2D eigenvalue weighted by atomic mass is 10.2. The molecule has 1 fully saturated rings. The summed E-state index contributed by atoms with van der Waals surface area (Å²) in [6, 6.07) is 5.98. The molecule has 3 N–H and O–H groups in total. The number of rotatable bonds is 5. The number of carbonyl (C=O) groups excluding carboxylic acids is 3. The molecule has 8 nitrogen and oxygen atoms in total. The van der Waals surface area contributed by atoms with Gasteiger partial charge in [0.1, 0.15) is 12.6 Å². The molecule has 1 saturated heterocycles. The number of morpholine rings is 1. The third-order valence-electron chi connectivity index (χ3n) is 3.27. The topological polar surface area (TPSA) is 106 Å². The molecule has 9 heteroatoms. The van der Waals surface area contributed by atoms with Crippen LogP contribution >= 0.6 is 12.4 Å². The molecule has 1 aliphatic rings. The molecule has 0 saturated carbocycles. The fourth-order valence-electron chi connectivity index (χ4n) is 1.99. The summed E-state index contributed by atoms with van der Waals surface area (Å²) in [5, 5.41) is 8.24. The SMILES string of the molecule is COC(=O)CNC(=O)c1ccc(NC(=O)C2COCCN2)cc1.Cl. The Balaban J connectivity index is 0.00000288. The highest BCUT2D eigenvalue weighted by Crippen LogP contribution is 2.10. The smallest absolute Gasteiger partial charge is 0.325 e. The lowest BCUT2D eigenvalue weighted by molar-refractivity contribution is -0.139. The van der Waals surface area contributed by atoms with Crippen molar-refractivity contribution in [1.29, 1.82) is 0 Å². The molecule has 24 heavy (non-hydrogen) atoms. The van der Waals surface area contributed by atoms with E-state index in [1.54, 1.807) is 24.3 Å². The largest absolute Gasteiger partial charge is 0.468 e. The van der Waals surface area contributed by atoms with Crippen LogP contribution in [0, 0.1) is 0 Å². The Labute approximate surface area is 145 Å². The van der Waals surface area contributed by atoms with E-state index in [-0.39, 0.29) is 30.9 Å². The standard InChI is InChI=1S/C15H19N3O5.ClH/c1-22-13(19)8-17-14(20)10-2-4-11(5-3-10)18-15(21)12-9-23-7-6-16-12;/h2-5,12,16H,6-9H2,1H3,(H,17,20)(H,18,21);1H. The van der Waals surface area contributed by atoms with E-state index in [1.165, 1.54) is 7.11 Å². The van der Waals surface area contributed by atoms with Gasteiger partial charge in [-0.25, -0.2) is 0 Å². The van der Waals surface area contributed by atoms with Crippen molar-refractivity contribution in [1.82, 2.24) is 10.6 Å². The maximum Gasteiger partial charge on any atom is 0.325 e. The quantitative estimate of drug-likeness (QED) is 0.637. The molecule has 0 aromatic heterocycles. The Morgan fingerprint density at radius 2 is 2.00 bits per heavy atom. The minimum atomic E-state index is -0.524. The van der Waals surface area contributed by atoms with Gasteiger partial charge in [-0.05, 0) is 24.3 Å². The molecule has 0 spiro atoms. The van der Waals surface area contributed by atoms with Gasteiger partial charge in [0.15, 0.2) is 0 Å². The lowest BCUT2D eigenvalue weighted by Gasteiger charge is -2.22. The van der Waals surface area contributed by atoms with Crippen LogP contribution in [0.2, 0.25) is 0 Å². The first-order valence-corrected chi connectivity index (χ1v) is 7.17. The van der Waals surface area contributed by atoms with E-state index in [0.717, 1.165) is 0 Å². The molecule has 1 unspecified atom stereocenters. The highest BCUT2D eigenvalue weighted by atomic mass is 35.5. The predicted octanol–water partition coefficient (Wildman–Crippen LogP) is -0.0619. The molecule has 2 rings (SSSR count). The Bertz CT molecular complexity index is 573. The van der Waals surface area contributed by atoms with Crippen LogP contribution in [0.3, 0.4) is 0 Å². The van der Waals surface area contributed by atoms with Gasteiger partial charge in [-0.15, -0.1) is 12.4 Å². The van der Waals surface area contributed by atoms with Crippen LogP contribution < -0.4 is 16.0 Å². The second-order valence-electron chi connectivity index (χ2n) is 4.91. The number of halogens is 1. The number of nitrogens with one attached hydrogen (secondary N) is 3. The zero-order valence-corrected chi connectivity index (χ0v) is 14.0. The van der Waals surface area contributed by atoms with Crippen molar-refractivity contribution < 1.29 is 23.9 Å². The fourth-order valence-corrected chi connectivity index (χ4v) is 1.99. The second kappa shape index (κ2) is 9.86. The van der Waals surface area contributed by atoms with Gasteiger partial charge in [-0.1, -0.05) is 0 Å². The summed E-state index contributed by atoms with van der Waals surface area (Å²) in [5.41, 5.74) is 0.956. The van der Waals surface area contributed by atoms with Crippen molar-refractivity contribution in [3.8, 4) is 0 Å². The van der Waals surface area contributed by atoms with Crippen LogP contribution in [0.4, 0.5) is 5.69 Å². The van der Waals surface area contributed by atoms with Gasteiger partial charge in [0, 0.05) is 17.8 Å². The monoisotopic (exact) mass is 357 g/mol. The Morgan fingerprint density at radius 1 is 1.29 bits per heavy atom. The van der Waals surface area contributed by atoms with Gasteiger partial charge in [0.25, 0.3) is 5.91 Å². The van der Waals surface area contributed by atoms with E-state index >= 15 is 0 Å². The number of esters is 1. The second-order valence-corrected chi connectivity index (χ2v) is 4.91. The minimum absolute atomic E-state index is 0. The zero-order chi connectivity index (χ0) is 16.7.